The van der Waals surface area contributed by atoms with E-state index in [2.05, 4.69) is 36.1 Å². The molecule has 4 aromatic rings. The van der Waals surface area contributed by atoms with E-state index in [0.29, 0.717) is 18.8 Å². The Kier molecular flexibility index (Phi) is 7.47. The second kappa shape index (κ2) is 11.3. The van der Waals surface area contributed by atoms with E-state index in [1.807, 2.05) is 77.7 Å². The molecule has 6 heteroatoms. The second-order valence-electron chi connectivity index (χ2n) is 9.30. The summed E-state index contributed by atoms with van der Waals surface area (Å²) in [6, 6.07) is 28.1. The average molecular weight is 493 g/mol. The topological polar surface area (TPSA) is 50.6 Å². The molecule has 1 aromatic heterocycles. The highest BCUT2D eigenvalue weighted by Gasteiger charge is 2.26. The minimum atomic E-state index is 0.00157. The number of aryl methyl sites for hydroxylation is 1. The Hall–Kier alpha value is -4.16. The largest absolute Gasteiger partial charge is 0.497 e. The predicted octanol–water partition coefficient (Wildman–Crippen LogP) is 5.33. The van der Waals surface area contributed by atoms with Crippen molar-refractivity contribution in [3.05, 3.63) is 108 Å². The third-order valence-corrected chi connectivity index (χ3v) is 6.71. The maximum atomic E-state index is 13.7. The molecular formula is C31H32N4O2. The number of rotatable bonds is 7. The summed E-state index contributed by atoms with van der Waals surface area (Å²) < 4.78 is 7.17. The number of carbonyl (C=O) groups excluding carboxylic acids is 1. The van der Waals surface area contributed by atoms with Gasteiger partial charge >= 0.3 is 0 Å². The molecule has 6 nitrogen and oxygen atoms in total. The van der Waals surface area contributed by atoms with Crippen LogP contribution in [-0.4, -0.2) is 65.3 Å². The number of nitrogens with zero attached hydrogens (tertiary/aromatic N) is 4. The summed E-state index contributed by atoms with van der Waals surface area (Å²) in [5.74, 6) is 0.759. The number of amides is 1. The Labute approximate surface area is 218 Å². The van der Waals surface area contributed by atoms with E-state index in [-0.39, 0.29) is 5.91 Å². The van der Waals surface area contributed by atoms with Crippen molar-refractivity contribution >= 4 is 12.0 Å². The summed E-state index contributed by atoms with van der Waals surface area (Å²) in [6.45, 7) is 5.98. The standard InChI is InChI=1S/C31H32N4O2/c1-24-13-15-27(16-14-24)35-30(23-29(32-35)26-11-6-12-28(22-26)37-2)31(36)34-20-18-33(19-21-34)17-7-10-25-8-4-3-5-9-25/h3-16,22-23H,17-21H2,1-2H3. The minimum absolute atomic E-state index is 0.00157. The zero-order valence-electron chi connectivity index (χ0n) is 21.4. The van der Waals surface area contributed by atoms with Gasteiger partial charge in [0.1, 0.15) is 11.4 Å². The van der Waals surface area contributed by atoms with Crippen LogP contribution in [0.1, 0.15) is 21.6 Å². The summed E-state index contributed by atoms with van der Waals surface area (Å²) in [6.07, 6.45) is 4.34. The van der Waals surface area contributed by atoms with Crippen LogP contribution >= 0.6 is 0 Å². The highest BCUT2D eigenvalue weighted by Crippen LogP contribution is 2.26. The van der Waals surface area contributed by atoms with Gasteiger partial charge in [0.15, 0.2) is 0 Å². The average Bonchev–Trinajstić information content (AvgIpc) is 3.40. The Bertz CT molecular complexity index is 1370. The summed E-state index contributed by atoms with van der Waals surface area (Å²) in [5, 5.41) is 4.85. The lowest BCUT2D eigenvalue weighted by atomic mass is 10.1. The Balaban J connectivity index is 1.33. The second-order valence-corrected chi connectivity index (χ2v) is 9.30. The van der Waals surface area contributed by atoms with Gasteiger partial charge < -0.3 is 9.64 Å². The van der Waals surface area contributed by atoms with E-state index in [0.717, 1.165) is 47.9 Å². The van der Waals surface area contributed by atoms with Crippen molar-refractivity contribution in [1.82, 2.24) is 19.6 Å². The van der Waals surface area contributed by atoms with Gasteiger partial charge in [-0.25, -0.2) is 4.68 Å². The fraction of sp³-hybridized carbons (Fsp3) is 0.226. The molecule has 5 rings (SSSR count). The van der Waals surface area contributed by atoms with Gasteiger partial charge in [-0.15, -0.1) is 0 Å². The van der Waals surface area contributed by atoms with E-state index >= 15 is 0 Å². The first-order valence-electron chi connectivity index (χ1n) is 12.7. The van der Waals surface area contributed by atoms with E-state index < -0.39 is 0 Å². The number of benzene rings is 3. The lowest BCUT2D eigenvalue weighted by Gasteiger charge is -2.34. The van der Waals surface area contributed by atoms with Crippen LogP contribution in [-0.2, 0) is 0 Å². The monoisotopic (exact) mass is 492 g/mol. The van der Waals surface area contributed by atoms with Crippen LogP contribution in [0.3, 0.4) is 0 Å². The van der Waals surface area contributed by atoms with Crippen molar-refractivity contribution in [3.8, 4) is 22.7 Å². The van der Waals surface area contributed by atoms with Crippen molar-refractivity contribution < 1.29 is 9.53 Å². The summed E-state index contributed by atoms with van der Waals surface area (Å²) in [5.41, 5.74) is 5.45. The normalized spacial score (nSPS) is 14.3. The zero-order valence-corrected chi connectivity index (χ0v) is 21.4. The van der Waals surface area contributed by atoms with Crippen LogP contribution in [0, 0.1) is 6.92 Å². The molecule has 3 aromatic carbocycles. The van der Waals surface area contributed by atoms with Crippen LogP contribution in [0.2, 0.25) is 0 Å². The number of aromatic nitrogens is 2. The van der Waals surface area contributed by atoms with Gasteiger partial charge in [-0.2, -0.15) is 5.10 Å². The fourth-order valence-corrected chi connectivity index (χ4v) is 4.54. The van der Waals surface area contributed by atoms with Crippen LogP contribution in [0.4, 0.5) is 0 Å². The first-order chi connectivity index (χ1) is 18.1. The molecule has 0 bridgehead atoms. The summed E-state index contributed by atoms with van der Waals surface area (Å²) >= 11 is 0. The third-order valence-electron chi connectivity index (χ3n) is 6.71. The number of ether oxygens (including phenoxy) is 1. The zero-order chi connectivity index (χ0) is 25.6. The van der Waals surface area contributed by atoms with Crippen molar-refractivity contribution in [3.63, 3.8) is 0 Å². The maximum absolute atomic E-state index is 13.7. The number of carbonyl (C=O) groups is 1. The Morgan fingerprint density at radius 3 is 2.41 bits per heavy atom. The van der Waals surface area contributed by atoms with Crippen LogP contribution in [0.15, 0.2) is 91.0 Å². The van der Waals surface area contributed by atoms with Gasteiger partial charge in [0.2, 0.25) is 0 Å². The molecule has 1 amide bonds. The van der Waals surface area contributed by atoms with Crippen LogP contribution in [0.5, 0.6) is 5.75 Å². The fourth-order valence-electron chi connectivity index (χ4n) is 4.54. The molecule has 0 atom stereocenters. The van der Waals surface area contributed by atoms with Gasteiger partial charge in [0.25, 0.3) is 5.91 Å². The van der Waals surface area contributed by atoms with Crippen LogP contribution in [0.25, 0.3) is 23.0 Å². The molecule has 2 heterocycles. The Morgan fingerprint density at radius 2 is 1.68 bits per heavy atom. The molecule has 0 spiro atoms. The van der Waals surface area contributed by atoms with Gasteiger partial charge in [0.05, 0.1) is 18.5 Å². The maximum Gasteiger partial charge on any atom is 0.272 e. The van der Waals surface area contributed by atoms with Crippen molar-refractivity contribution in [2.45, 2.75) is 6.92 Å². The molecule has 1 saturated heterocycles. The minimum Gasteiger partial charge on any atom is -0.497 e. The van der Waals surface area contributed by atoms with Gasteiger partial charge in [-0.3, -0.25) is 9.69 Å². The summed E-state index contributed by atoms with van der Waals surface area (Å²) in [4.78, 5) is 18.1. The highest BCUT2D eigenvalue weighted by molar-refractivity contribution is 5.94. The smallest absolute Gasteiger partial charge is 0.272 e. The molecule has 0 N–H and O–H groups in total. The van der Waals surface area contributed by atoms with Crippen molar-refractivity contribution in [2.75, 3.05) is 39.8 Å². The summed E-state index contributed by atoms with van der Waals surface area (Å²) in [7, 11) is 1.65. The highest BCUT2D eigenvalue weighted by atomic mass is 16.5. The number of piperazine rings is 1. The number of methoxy groups -OCH3 is 1. The van der Waals surface area contributed by atoms with Gasteiger partial charge in [-0.05, 0) is 42.8 Å². The lowest BCUT2D eigenvalue weighted by molar-refractivity contribution is 0.0641. The molecule has 0 radical (unpaired) electrons. The molecule has 1 aliphatic rings. The molecule has 0 unspecified atom stereocenters. The quantitative estimate of drug-likeness (QED) is 0.350. The van der Waals surface area contributed by atoms with Gasteiger partial charge in [0, 0.05) is 38.3 Å². The first kappa shape index (κ1) is 24.5. The molecule has 37 heavy (non-hydrogen) atoms. The molecule has 188 valence electrons. The van der Waals surface area contributed by atoms with Crippen molar-refractivity contribution in [2.24, 2.45) is 0 Å². The van der Waals surface area contributed by atoms with E-state index in [4.69, 9.17) is 9.84 Å². The SMILES string of the molecule is COc1cccc(-c2cc(C(=O)N3CCN(CC=Cc4ccccc4)CC3)n(-c3ccc(C)cc3)n2)c1. The van der Waals surface area contributed by atoms with Crippen LogP contribution < -0.4 is 4.74 Å². The van der Waals surface area contributed by atoms with Crippen molar-refractivity contribution in [1.29, 1.82) is 0 Å². The number of hydrogen-bond acceptors (Lipinski definition) is 4. The number of hydrogen-bond donors (Lipinski definition) is 0. The molecule has 1 fully saturated rings. The third kappa shape index (κ3) is 5.81. The molecular weight excluding hydrogens is 460 g/mol. The Morgan fingerprint density at radius 1 is 0.919 bits per heavy atom. The molecule has 0 aliphatic carbocycles. The first-order valence-corrected chi connectivity index (χ1v) is 12.7. The predicted molar refractivity (Wildman–Crippen MR) is 148 cm³/mol. The van der Waals surface area contributed by atoms with Gasteiger partial charge in [-0.1, -0.05) is 72.3 Å². The van der Waals surface area contributed by atoms with E-state index in [1.165, 1.54) is 5.56 Å². The lowest BCUT2D eigenvalue weighted by Crippen LogP contribution is -2.49. The van der Waals surface area contributed by atoms with E-state index in [9.17, 15) is 4.79 Å². The molecule has 0 saturated carbocycles. The molecule has 1 aliphatic heterocycles. The van der Waals surface area contributed by atoms with E-state index in [1.54, 1.807) is 11.8 Å².